The van der Waals surface area contributed by atoms with Crippen LogP contribution in [-0.2, 0) is 64.8 Å². The Morgan fingerprint density at radius 1 is 0.603 bits per heavy atom. The van der Waals surface area contributed by atoms with Crippen LogP contribution < -0.4 is 9.47 Å². The molecule has 0 aromatic heterocycles. The van der Waals surface area contributed by atoms with Crippen LogP contribution in [0.1, 0.15) is 112 Å². The Hall–Kier alpha value is -3.28. The van der Waals surface area contributed by atoms with Gasteiger partial charge in [0.2, 0.25) is 0 Å². The molecule has 0 fully saturated rings. The maximum absolute atomic E-state index is 13.0. The molecule has 0 radical (unpaired) electrons. The van der Waals surface area contributed by atoms with Crippen LogP contribution in [-0.4, -0.2) is 123 Å². The molecule has 0 aliphatic carbocycles. The molecule has 14 nitrogen and oxygen atoms in total. The Bertz CT molecular complexity index is 2140. The van der Waals surface area contributed by atoms with Gasteiger partial charge in [0.15, 0.2) is 16.6 Å². The van der Waals surface area contributed by atoms with E-state index >= 15 is 0 Å². The molecule has 6 atom stereocenters. The van der Waals surface area contributed by atoms with Gasteiger partial charge in [-0.3, -0.25) is 4.18 Å². The van der Waals surface area contributed by atoms with Gasteiger partial charge < -0.3 is 51.9 Å². The standard InChI is InChI=1S/C33H52O8SSi.C26H46O6Si.2CH4/c1-10-11-28(24-40-42(34,35)31-18-12-26(2)13-19-31)32(39-25-36-6)22-30(41-43(8,9)33(3,4)5)20-21-38-23-27-14-16-29(37-7)17-15-27;1-9-10-22(18-27)25(31-20-28-5)17-24(32-33(7,8)26(2,3)4)15-16-30-19-21-11-13-23(29-6)14-12-21;;/h10,12-19,28,30,32H,1,11,20-25H2,2-9H3;9,11-14,22,24-25,27H,1,10,15-20H2,2-8H3;2*1H4/t28-,30+,32-;22-,24+,25-;;/m11../s1. The van der Waals surface area contributed by atoms with E-state index in [-0.39, 0.29) is 86.8 Å². The quantitative estimate of drug-likeness (QED) is 0.0191. The molecule has 0 aliphatic rings. The zero-order valence-corrected chi connectivity index (χ0v) is 51.8. The second-order valence-electron chi connectivity index (χ2n) is 22.4. The highest BCUT2D eigenvalue weighted by molar-refractivity contribution is 7.86. The van der Waals surface area contributed by atoms with Gasteiger partial charge in [-0.1, -0.05) is 111 Å². The van der Waals surface area contributed by atoms with Gasteiger partial charge in [0.1, 0.15) is 25.1 Å². The highest BCUT2D eigenvalue weighted by Crippen LogP contribution is 2.40. The first-order valence-electron chi connectivity index (χ1n) is 26.6. The molecule has 1 N–H and O–H groups in total. The van der Waals surface area contributed by atoms with Crippen molar-refractivity contribution in [3.05, 3.63) is 115 Å². The van der Waals surface area contributed by atoms with Gasteiger partial charge >= 0.3 is 0 Å². The summed E-state index contributed by atoms with van der Waals surface area (Å²) >= 11 is 0. The van der Waals surface area contributed by atoms with Crippen LogP contribution >= 0.6 is 0 Å². The molecule has 3 rings (SSSR count). The molecule has 0 saturated heterocycles. The molecule has 78 heavy (non-hydrogen) atoms. The first-order valence-corrected chi connectivity index (χ1v) is 33.8. The lowest BCUT2D eigenvalue weighted by Crippen LogP contribution is -2.45. The summed E-state index contributed by atoms with van der Waals surface area (Å²) in [6.45, 7) is 34.2. The van der Waals surface area contributed by atoms with Crippen molar-refractivity contribution in [3.8, 4) is 11.5 Å². The third-order valence-electron chi connectivity index (χ3n) is 14.3. The number of aliphatic hydroxyl groups excluding tert-OH is 1. The number of aliphatic hydroxyl groups is 1. The van der Waals surface area contributed by atoms with Crippen molar-refractivity contribution in [3.63, 3.8) is 0 Å². The lowest BCUT2D eigenvalue weighted by Gasteiger charge is -2.40. The number of methoxy groups -OCH3 is 4. The van der Waals surface area contributed by atoms with Crippen LogP contribution in [0.5, 0.6) is 11.5 Å². The molecule has 448 valence electrons. The summed E-state index contributed by atoms with van der Waals surface area (Å²) in [4.78, 5) is 0.123. The van der Waals surface area contributed by atoms with Crippen molar-refractivity contribution < 1.29 is 64.5 Å². The van der Waals surface area contributed by atoms with Crippen LogP contribution in [0.2, 0.25) is 36.3 Å². The van der Waals surface area contributed by atoms with Crippen molar-refractivity contribution in [1.29, 1.82) is 0 Å². The minimum absolute atomic E-state index is 0. The molecule has 17 heteroatoms. The van der Waals surface area contributed by atoms with E-state index < -0.39 is 32.9 Å². The van der Waals surface area contributed by atoms with Gasteiger partial charge in [0, 0.05) is 58.1 Å². The summed E-state index contributed by atoms with van der Waals surface area (Å²) in [7, 11) is -1.62. The van der Waals surface area contributed by atoms with Gasteiger partial charge in [-0.05, 0) is 129 Å². The molecule has 0 saturated carbocycles. The molecule has 3 aromatic rings. The van der Waals surface area contributed by atoms with Crippen LogP contribution in [0.4, 0.5) is 0 Å². The third-order valence-corrected chi connectivity index (χ3v) is 24.7. The number of ether oxygens (including phenoxy) is 8. The molecule has 0 bridgehead atoms. The Balaban J connectivity index is 0.00000153. The lowest BCUT2D eigenvalue weighted by molar-refractivity contribution is -0.110. The normalized spacial score (nSPS) is 14.5. The van der Waals surface area contributed by atoms with E-state index in [1.54, 1.807) is 58.8 Å². The van der Waals surface area contributed by atoms with Gasteiger partial charge in [-0.2, -0.15) is 8.42 Å². The van der Waals surface area contributed by atoms with Gasteiger partial charge in [0.05, 0.1) is 51.1 Å². The average Bonchev–Trinajstić information content (AvgIpc) is 3.37. The molecule has 0 spiro atoms. The number of benzene rings is 3. The predicted molar refractivity (Wildman–Crippen MR) is 323 cm³/mol. The first-order chi connectivity index (χ1) is 35.8. The van der Waals surface area contributed by atoms with E-state index in [2.05, 4.69) is 80.9 Å². The van der Waals surface area contributed by atoms with E-state index in [0.717, 1.165) is 34.6 Å². The molecule has 0 unspecified atom stereocenters. The van der Waals surface area contributed by atoms with Crippen molar-refractivity contribution >= 4 is 26.8 Å². The highest BCUT2D eigenvalue weighted by atomic mass is 32.2. The molecule has 0 heterocycles. The summed E-state index contributed by atoms with van der Waals surface area (Å²) in [6.07, 6.45) is 6.54. The summed E-state index contributed by atoms with van der Waals surface area (Å²) in [5.74, 6) is 1.29. The van der Waals surface area contributed by atoms with Crippen LogP contribution in [0.15, 0.2) is 103 Å². The SMILES string of the molecule is C.C.C=CC[C@H](CO)[C@@H](C[C@H](CCOCc1ccc(OC)cc1)O[Si](C)(C)C(C)(C)C)OCOC.C=CC[C@H](COS(=O)(=O)c1ccc(C)cc1)[C@@H](C[C@H](CCOCc1ccc(OC)cc1)O[Si](C)(C)C(C)(C)C)OCOC. The molecular weight excluding hydrogens is 1040 g/mol. The second-order valence-corrected chi connectivity index (χ2v) is 33.5. The molecule has 3 aromatic carbocycles. The topological polar surface area (TPSA) is 156 Å². The second kappa shape index (κ2) is 37.7. The smallest absolute Gasteiger partial charge is 0.296 e. The highest BCUT2D eigenvalue weighted by Gasteiger charge is 2.41. The van der Waals surface area contributed by atoms with E-state index in [1.165, 1.54) is 0 Å². The summed E-state index contributed by atoms with van der Waals surface area (Å²) in [5.41, 5.74) is 3.13. The summed E-state index contributed by atoms with van der Waals surface area (Å²) in [5, 5.41) is 10.0. The molecule has 0 amide bonds. The minimum Gasteiger partial charge on any atom is -0.497 e. The van der Waals surface area contributed by atoms with Crippen molar-refractivity contribution in [2.24, 2.45) is 11.8 Å². The van der Waals surface area contributed by atoms with Gasteiger partial charge in [-0.15, -0.1) is 13.2 Å². The Kier molecular flexibility index (Phi) is 36.1. The fourth-order valence-corrected chi connectivity index (χ4v) is 11.3. The van der Waals surface area contributed by atoms with E-state index in [9.17, 15) is 13.5 Å². The van der Waals surface area contributed by atoms with Crippen LogP contribution in [0.3, 0.4) is 0 Å². The third kappa shape index (κ3) is 27.5. The van der Waals surface area contributed by atoms with E-state index in [0.29, 0.717) is 58.5 Å². The average molecular weight is 1150 g/mol. The zero-order chi connectivity index (χ0) is 57.0. The predicted octanol–water partition coefficient (Wildman–Crippen LogP) is 14.1. The zero-order valence-electron chi connectivity index (χ0n) is 49.0. The molecule has 0 aliphatic heterocycles. The van der Waals surface area contributed by atoms with Crippen molar-refractivity contribution in [2.75, 3.05) is 68.5 Å². The minimum atomic E-state index is -3.94. The lowest BCUT2D eigenvalue weighted by atomic mass is 9.94. The van der Waals surface area contributed by atoms with E-state index in [1.807, 2.05) is 61.5 Å². The number of allylic oxidation sites excluding steroid dienone is 2. The number of hydrogen-bond acceptors (Lipinski definition) is 14. The Morgan fingerprint density at radius 3 is 1.33 bits per heavy atom. The fourth-order valence-electron chi connectivity index (χ4n) is 7.56. The van der Waals surface area contributed by atoms with Crippen LogP contribution in [0, 0.1) is 18.8 Å². The Labute approximate surface area is 476 Å². The maximum Gasteiger partial charge on any atom is 0.296 e. The number of aryl methyl sites for hydroxylation is 1. The van der Waals surface area contributed by atoms with E-state index in [4.69, 9.17) is 50.9 Å². The van der Waals surface area contributed by atoms with Crippen LogP contribution in [0.25, 0.3) is 0 Å². The van der Waals surface area contributed by atoms with Crippen molar-refractivity contribution in [1.82, 2.24) is 0 Å². The number of rotatable bonds is 37. The van der Waals surface area contributed by atoms with Gasteiger partial charge in [-0.25, -0.2) is 0 Å². The fraction of sp³-hybridized carbons (Fsp3) is 0.639. The maximum atomic E-state index is 13.0. The monoisotopic (exact) mass is 1150 g/mol. The summed E-state index contributed by atoms with van der Waals surface area (Å²) < 4.78 is 90.2. The summed E-state index contributed by atoms with van der Waals surface area (Å²) in [6, 6.07) is 22.3. The molecular formula is C61H106O14SSi2. The van der Waals surface area contributed by atoms with Gasteiger partial charge in [0.25, 0.3) is 10.1 Å². The van der Waals surface area contributed by atoms with Crippen molar-refractivity contribution in [2.45, 2.75) is 181 Å². The number of hydrogen-bond donors (Lipinski definition) is 1. The first kappa shape index (κ1) is 74.7. The Morgan fingerprint density at radius 2 is 0.987 bits per heavy atom. The largest absolute Gasteiger partial charge is 0.497 e.